The number of nitrogens with zero attached hydrogens (tertiary/aromatic N) is 4. The van der Waals surface area contributed by atoms with Gasteiger partial charge in [0.15, 0.2) is 0 Å². The Labute approximate surface area is 61.7 Å². The molecule has 0 aliphatic rings. The van der Waals surface area contributed by atoms with Gasteiger partial charge in [0.25, 0.3) is 0 Å². The summed E-state index contributed by atoms with van der Waals surface area (Å²) < 4.78 is 6.50. The van der Waals surface area contributed by atoms with Crippen molar-refractivity contribution in [1.82, 2.24) is 19.7 Å². The quantitative estimate of drug-likeness (QED) is 0.612. The predicted molar refractivity (Wildman–Crippen MR) is 35.8 cm³/mol. The summed E-state index contributed by atoms with van der Waals surface area (Å²) in [6, 6.07) is 0.368. The third-order valence-electron chi connectivity index (χ3n) is 1.15. The lowest BCUT2D eigenvalue weighted by Gasteiger charge is -1.88. The van der Waals surface area contributed by atoms with E-state index in [1.54, 1.807) is 0 Å². The number of anilines is 1. The standard InChI is InChI=1S/C5H5N5O/c6-4-1-7-5(11-4)10-2-8-9-3-10/h1-3H,6H2. The number of hydrogen-bond acceptors (Lipinski definition) is 5. The molecular weight excluding hydrogens is 146 g/mol. The summed E-state index contributed by atoms with van der Waals surface area (Å²) in [5, 5.41) is 7.16. The third kappa shape index (κ3) is 0.936. The molecule has 2 heterocycles. The van der Waals surface area contributed by atoms with Gasteiger partial charge < -0.3 is 10.2 Å². The van der Waals surface area contributed by atoms with Gasteiger partial charge in [0, 0.05) is 0 Å². The second kappa shape index (κ2) is 2.08. The fourth-order valence-electron chi connectivity index (χ4n) is 0.696. The van der Waals surface area contributed by atoms with E-state index >= 15 is 0 Å². The van der Waals surface area contributed by atoms with E-state index in [2.05, 4.69) is 15.2 Å². The van der Waals surface area contributed by atoms with Crippen molar-refractivity contribution in [2.75, 3.05) is 5.73 Å². The van der Waals surface area contributed by atoms with Crippen molar-refractivity contribution in [3.8, 4) is 6.01 Å². The molecule has 0 radical (unpaired) electrons. The van der Waals surface area contributed by atoms with Crippen LogP contribution in [0.25, 0.3) is 6.01 Å². The van der Waals surface area contributed by atoms with Crippen LogP contribution >= 0.6 is 0 Å². The van der Waals surface area contributed by atoms with Crippen molar-refractivity contribution in [3.63, 3.8) is 0 Å². The topological polar surface area (TPSA) is 82.8 Å². The number of aromatic nitrogens is 4. The maximum atomic E-state index is 5.30. The molecule has 0 spiro atoms. The van der Waals surface area contributed by atoms with Crippen LogP contribution in [0, 0.1) is 0 Å². The fraction of sp³-hybridized carbons (Fsp3) is 0. The van der Waals surface area contributed by atoms with Crippen molar-refractivity contribution in [2.45, 2.75) is 0 Å². The molecule has 2 aromatic rings. The molecule has 0 aliphatic heterocycles. The summed E-state index contributed by atoms with van der Waals surface area (Å²) in [6.07, 6.45) is 4.38. The molecule has 6 nitrogen and oxygen atoms in total. The highest BCUT2D eigenvalue weighted by Crippen LogP contribution is 2.07. The molecular formula is C5H5N5O. The first-order chi connectivity index (χ1) is 5.36. The Morgan fingerprint density at radius 1 is 1.36 bits per heavy atom. The summed E-state index contributed by atoms with van der Waals surface area (Å²) in [5.74, 6) is 0.272. The first kappa shape index (κ1) is 5.90. The van der Waals surface area contributed by atoms with Crippen LogP contribution < -0.4 is 5.73 Å². The Hall–Kier alpha value is -1.85. The molecule has 0 fully saturated rings. The number of nitrogen functional groups attached to an aromatic ring is 1. The molecule has 11 heavy (non-hydrogen) atoms. The van der Waals surface area contributed by atoms with E-state index < -0.39 is 0 Å². The summed E-state index contributed by atoms with van der Waals surface area (Å²) in [6.45, 7) is 0. The fourth-order valence-corrected chi connectivity index (χ4v) is 0.696. The van der Waals surface area contributed by atoms with E-state index in [-0.39, 0.29) is 5.88 Å². The molecule has 0 aromatic carbocycles. The van der Waals surface area contributed by atoms with Crippen molar-refractivity contribution in [2.24, 2.45) is 0 Å². The average molecular weight is 151 g/mol. The molecule has 0 atom stereocenters. The van der Waals surface area contributed by atoms with E-state index in [0.29, 0.717) is 6.01 Å². The van der Waals surface area contributed by atoms with Gasteiger partial charge in [0.1, 0.15) is 12.7 Å². The smallest absolute Gasteiger partial charge is 0.310 e. The number of oxazole rings is 1. The van der Waals surface area contributed by atoms with Crippen LogP contribution in [0.3, 0.4) is 0 Å². The zero-order valence-electron chi connectivity index (χ0n) is 5.51. The lowest BCUT2D eigenvalue weighted by Crippen LogP contribution is -1.88. The van der Waals surface area contributed by atoms with Crippen LogP contribution in [0.5, 0.6) is 0 Å². The van der Waals surface area contributed by atoms with Gasteiger partial charge in [-0.2, -0.15) is 4.98 Å². The van der Waals surface area contributed by atoms with Crippen molar-refractivity contribution < 1.29 is 4.42 Å². The normalized spacial score (nSPS) is 10.2. The van der Waals surface area contributed by atoms with Crippen molar-refractivity contribution >= 4 is 5.88 Å². The molecule has 0 unspecified atom stereocenters. The minimum absolute atomic E-state index is 0.272. The minimum Gasteiger partial charge on any atom is -0.407 e. The number of hydrogen-bond donors (Lipinski definition) is 1. The Balaban J connectivity index is 2.45. The lowest BCUT2D eigenvalue weighted by molar-refractivity contribution is 0.543. The van der Waals surface area contributed by atoms with Gasteiger partial charge in [0.2, 0.25) is 5.88 Å². The molecule has 0 amide bonds. The second-order valence-electron chi connectivity index (χ2n) is 1.91. The summed E-state index contributed by atoms with van der Waals surface area (Å²) in [7, 11) is 0. The van der Waals surface area contributed by atoms with E-state index in [1.165, 1.54) is 23.4 Å². The van der Waals surface area contributed by atoms with Crippen LogP contribution in [-0.2, 0) is 0 Å². The maximum Gasteiger partial charge on any atom is 0.310 e. The van der Waals surface area contributed by atoms with Gasteiger partial charge in [-0.3, -0.25) is 0 Å². The first-order valence-corrected chi connectivity index (χ1v) is 2.92. The number of rotatable bonds is 1. The summed E-state index contributed by atoms with van der Waals surface area (Å²) >= 11 is 0. The van der Waals surface area contributed by atoms with E-state index in [0.717, 1.165) is 0 Å². The molecule has 0 aliphatic carbocycles. The van der Waals surface area contributed by atoms with Crippen LogP contribution in [0.15, 0.2) is 23.3 Å². The zero-order chi connectivity index (χ0) is 7.68. The Bertz CT molecular complexity index is 337. The Morgan fingerprint density at radius 3 is 2.64 bits per heavy atom. The van der Waals surface area contributed by atoms with Crippen molar-refractivity contribution in [1.29, 1.82) is 0 Å². The van der Waals surface area contributed by atoms with Gasteiger partial charge in [0.05, 0.1) is 6.20 Å². The van der Waals surface area contributed by atoms with Gasteiger partial charge in [-0.1, -0.05) is 0 Å². The number of nitrogens with two attached hydrogens (primary N) is 1. The largest absolute Gasteiger partial charge is 0.407 e. The van der Waals surface area contributed by atoms with E-state index in [9.17, 15) is 0 Å². The lowest BCUT2D eigenvalue weighted by atomic mass is 10.9. The van der Waals surface area contributed by atoms with Gasteiger partial charge >= 0.3 is 6.01 Å². The van der Waals surface area contributed by atoms with Crippen LogP contribution in [0.4, 0.5) is 5.88 Å². The predicted octanol–water partition coefficient (Wildman–Crippen LogP) is -0.163. The monoisotopic (exact) mass is 151 g/mol. The summed E-state index contributed by atoms with van der Waals surface area (Å²) in [4.78, 5) is 3.85. The zero-order valence-corrected chi connectivity index (χ0v) is 5.51. The van der Waals surface area contributed by atoms with Crippen LogP contribution in [0.1, 0.15) is 0 Å². The maximum absolute atomic E-state index is 5.30. The van der Waals surface area contributed by atoms with E-state index in [1.807, 2.05) is 0 Å². The molecule has 2 N–H and O–H groups in total. The van der Waals surface area contributed by atoms with E-state index in [4.69, 9.17) is 10.2 Å². The molecule has 56 valence electrons. The molecule has 0 bridgehead atoms. The molecule has 2 aromatic heterocycles. The average Bonchev–Trinajstić information content (AvgIpc) is 2.55. The molecule has 0 saturated heterocycles. The SMILES string of the molecule is Nc1cnc(-n2cnnc2)o1. The highest BCUT2D eigenvalue weighted by atomic mass is 16.4. The Morgan fingerprint density at radius 2 is 2.09 bits per heavy atom. The minimum atomic E-state index is 0.272. The molecule has 0 saturated carbocycles. The first-order valence-electron chi connectivity index (χ1n) is 2.92. The van der Waals surface area contributed by atoms with Gasteiger partial charge in [-0.25, -0.2) is 4.57 Å². The van der Waals surface area contributed by atoms with Crippen molar-refractivity contribution in [3.05, 3.63) is 18.9 Å². The highest BCUT2D eigenvalue weighted by molar-refractivity contribution is 5.22. The summed E-state index contributed by atoms with van der Waals surface area (Å²) in [5.41, 5.74) is 5.30. The third-order valence-corrected chi connectivity index (χ3v) is 1.15. The van der Waals surface area contributed by atoms with Crippen LogP contribution in [0.2, 0.25) is 0 Å². The second-order valence-corrected chi connectivity index (χ2v) is 1.91. The van der Waals surface area contributed by atoms with Gasteiger partial charge in [-0.05, 0) is 0 Å². The highest BCUT2D eigenvalue weighted by Gasteiger charge is 2.01. The molecule has 2 rings (SSSR count). The Kier molecular flexibility index (Phi) is 1.12. The van der Waals surface area contributed by atoms with Crippen LogP contribution in [-0.4, -0.2) is 19.7 Å². The van der Waals surface area contributed by atoms with Gasteiger partial charge in [-0.15, -0.1) is 10.2 Å². The molecule has 6 heteroatoms.